The molecule has 2 heterocycles. The Bertz CT molecular complexity index is 853. The third kappa shape index (κ3) is 2.72. The molecular weight excluding hydrogens is 334 g/mol. The smallest absolute Gasteiger partial charge is 0.220 e. The first-order valence-electron chi connectivity index (χ1n) is 8.53. The number of benzene rings is 1. The van der Waals surface area contributed by atoms with Crippen LogP contribution in [0.15, 0.2) is 34.5 Å². The number of guanidine groups is 2. The van der Waals surface area contributed by atoms with Crippen molar-refractivity contribution in [3.8, 4) is 11.4 Å². The van der Waals surface area contributed by atoms with Crippen molar-refractivity contribution in [1.82, 2.24) is 20.2 Å². The largest absolute Gasteiger partial charge is 0.497 e. The molecule has 1 aliphatic carbocycles. The van der Waals surface area contributed by atoms with Crippen LogP contribution in [0.3, 0.4) is 0 Å². The Kier molecular flexibility index (Phi) is 3.94. The van der Waals surface area contributed by atoms with Gasteiger partial charge in [-0.1, -0.05) is 6.42 Å². The van der Waals surface area contributed by atoms with Crippen LogP contribution < -0.4 is 21.1 Å². The molecular formula is C16H21N9O. The zero-order chi connectivity index (χ0) is 18.1. The highest BCUT2D eigenvalue weighted by atomic mass is 16.5. The minimum atomic E-state index is -0.515. The fraction of sp³-hybridized carbons (Fsp3) is 0.438. The Morgan fingerprint density at radius 3 is 2.54 bits per heavy atom. The highest BCUT2D eigenvalue weighted by Gasteiger charge is 2.42. The van der Waals surface area contributed by atoms with E-state index in [4.69, 9.17) is 21.2 Å². The van der Waals surface area contributed by atoms with Crippen molar-refractivity contribution >= 4 is 17.6 Å². The zero-order valence-electron chi connectivity index (χ0n) is 14.5. The third-order valence-corrected chi connectivity index (χ3v) is 4.83. The van der Waals surface area contributed by atoms with Crippen molar-refractivity contribution in [3.63, 3.8) is 0 Å². The summed E-state index contributed by atoms with van der Waals surface area (Å²) in [5.41, 5.74) is 13.3. The third-order valence-electron chi connectivity index (χ3n) is 4.83. The second kappa shape index (κ2) is 6.28. The van der Waals surface area contributed by atoms with Gasteiger partial charge in [0.05, 0.1) is 18.5 Å². The maximum absolute atomic E-state index is 6.29. The molecule has 0 saturated heterocycles. The standard InChI is InChI=1S/C16H21N9O/c1-26-13-8-11(24-10-19-22-23-24)7-12(9-13)25-15(18)20-14(17)21-16(25)5-3-2-4-6-16/h7-10H,2-6H2,1H3,(H4,17,18,20,21). The van der Waals surface area contributed by atoms with Crippen molar-refractivity contribution < 1.29 is 4.74 Å². The monoisotopic (exact) mass is 355 g/mol. The molecule has 0 radical (unpaired) electrons. The van der Waals surface area contributed by atoms with Crippen molar-refractivity contribution in [3.05, 3.63) is 24.5 Å². The van der Waals surface area contributed by atoms with Gasteiger partial charge in [0.25, 0.3) is 0 Å². The summed E-state index contributed by atoms with van der Waals surface area (Å²) < 4.78 is 7.03. The highest BCUT2D eigenvalue weighted by molar-refractivity contribution is 6.05. The number of hydrogen-bond donors (Lipinski definition) is 2. The van der Waals surface area contributed by atoms with Crippen molar-refractivity contribution in [2.75, 3.05) is 12.0 Å². The van der Waals surface area contributed by atoms with Gasteiger partial charge in [0.15, 0.2) is 0 Å². The van der Waals surface area contributed by atoms with E-state index in [-0.39, 0.29) is 5.96 Å². The number of tetrazole rings is 1. The average molecular weight is 355 g/mol. The predicted molar refractivity (Wildman–Crippen MR) is 97.2 cm³/mol. The molecule has 2 aromatic rings. The Morgan fingerprint density at radius 2 is 1.85 bits per heavy atom. The van der Waals surface area contributed by atoms with Crippen LogP contribution in [0, 0.1) is 0 Å². The van der Waals surface area contributed by atoms with Crippen molar-refractivity contribution in [1.29, 1.82) is 0 Å². The van der Waals surface area contributed by atoms with E-state index in [1.807, 2.05) is 23.1 Å². The lowest BCUT2D eigenvalue weighted by molar-refractivity contribution is 0.305. The molecule has 1 aromatic carbocycles. The van der Waals surface area contributed by atoms with E-state index in [9.17, 15) is 0 Å². The molecule has 4 rings (SSSR count). The summed E-state index contributed by atoms with van der Waals surface area (Å²) in [6, 6.07) is 5.70. The summed E-state index contributed by atoms with van der Waals surface area (Å²) in [4.78, 5) is 10.8. The number of anilines is 1. The minimum Gasteiger partial charge on any atom is -0.497 e. The quantitative estimate of drug-likeness (QED) is 0.831. The maximum Gasteiger partial charge on any atom is 0.220 e. The minimum absolute atomic E-state index is 0.226. The van der Waals surface area contributed by atoms with Crippen LogP contribution in [0.4, 0.5) is 5.69 Å². The van der Waals surface area contributed by atoms with Crippen LogP contribution in [0.25, 0.3) is 5.69 Å². The predicted octanol–water partition coefficient (Wildman–Crippen LogP) is 0.781. The molecule has 10 heteroatoms. The molecule has 0 unspecified atom stereocenters. The number of aromatic nitrogens is 4. The first-order valence-corrected chi connectivity index (χ1v) is 8.53. The van der Waals surface area contributed by atoms with Gasteiger partial charge < -0.3 is 16.2 Å². The Hall–Kier alpha value is -3.17. The lowest BCUT2D eigenvalue weighted by atomic mass is 9.87. The number of ether oxygens (including phenoxy) is 1. The fourth-order valence-electron chi connectivity index (χ4n) is 3.72. The van der Waals surface area contributed by atoms with Crippen LogP contribution in [0.2, 0.25) is 0 Å². The van der Waals surface area contributed by atoms with Gasteiger partial charge >= 0.3 is 0 Å². The fourth-order valence-corrected chi connectivity index (χ4v) is 3.72. The van der Waals surface area contributed by atoms with Crippen molar-refractivity contribution in [2.45, 2.75) is 37.8 Å². The van der Waals surface area contributed by atoms with Crippen LogP contribution in [0.1, 0.15) is 32.1 Å². The molecule has 0 atom stereocenters. The molecule has 2 aliphatic rings. The Balaban J connectivity index is 1.84. The summed E-state index contributed by atoms with van der Waals surface area (Å²) in [6.07, 6.45) is 6.55. The topological polar surface area (TPSA) is 133 Å². The molecule has 136 valence electrons. The number of aliphatic imine (C=N–C) groups is 2. The van der Waals surface area contributed by atoms with Crippen molar-refractivity contribution in [2.24, 2.45) is 21.5 Å². The van der Waals surface area contributed by atoms with Gasteiger partial charge in [-0.2, -0.15) is 4.99 Å². The highest BCUT2D eigenvalue weighted by Crippen LogP contribution is 2.40. The Labute approximate surface area is 150 Å². The summed E-state index contributed by atoms with van der Waals surface area (Å²) >= 11 is 0. The molecule has 10 nitrogen and oxygen atoms in total. The molecule has 4 N–H and O–H groups in total. The molecule has 1 aromatic heterocycles. The number of methoxy groups -OCH3 is 1. The van der Waals surface area contributed by atoms with Crippen LogP contribution in [-0.2, 0) is 0 Å². The molecule has 1 fully saturated rings. The van der Waals surface area contributed by atoms with Gasteiger partial charge in [-0.25, -0.2) is 9.67 Å². The van der Waals surface area contributed by atoms with Gasteiger partial charge in [-0.3, -0.25) is 4.90 Å². The molecule has 1 saturated carbocycles. The van der Waals surface area contributed by atoms with E-state index in [0.717, 1.165) is 37.1 Å². The van der Waals surface area contributed by atoms with E-state index in [1.54, 1.807) is 11.8 Å². The SMILES string of the molecule is COc1cc(N2C(N)=NC(N)=NC23CCCCC3)cc(-n2cnnn2)c1. The molecule has 0 amide bonds. The van der Waals surface area contributed by atoms with Crippen LogP contribution in [0.5, 0.6) is 5.75 Å². The summed E-state index contributed by atoms with van der Waals surface area (Å²) in [6.45, 7) is 0. The van der Waals surface area contributed by atoms with Gasteiger partial charge in [-0.15, -0.1) is 5.10 Å². The maximum atomic E-state index is 6.29. The number of hydrogen-bond acceptors (Lipinski definition) is 9. The molecule has 26 heavy (non-hydrogen) atoms. The van der Waals surface area contributed by atoms with Crippen LogP contribution in [-0.4, -0.2) is 44.9 Å². The summed E-state index contributed by atoms with van der Waals surface area (Å²) in [5.74, 6) is 1.22. The molecule has 0 bridgehead atoms. The molecule has 1 aliphatic heterocycles. The number of nitrogens with two attached hydrogens (primary N) is 2. The lowest BCUT2D eigenvalue weighted by Gasteiger charge is -2.45. The van der Waals surface area contributed by atoms with E-state index < -0.39 is 5.66 Å². The average Bonchev–Trinajstić information content (AvgIpc) is 3.16. The summed E-state index contributed by atoms with van der Waals surface area (Å²) in [7, 11) is 1.61. The van der Waals surface area contributed by atoms with Gasteiger partial charge in [0.2, 0.25) is 11.9 Å². The number of nitrogens with zero attached hydrogens (tertiary/aromatic N) is 7. The zero-order valence-corrected chi connectivity index (χ0v) is 14.5. The Morgan fingerprint density at radius 1 is 1.08 bits per heavy atom. The van der Waals surface area contributed by atoms with Gasteiger partial charge in [-0.05, 0) is 42.2 Å². The van der Waals surface area contributed by atoms with Gasteiger partial charge in [0.1, 0.15) is 17.7 Å². The van der Waals surface area contributed by atoms with E-state index >= 15 is 0 Å². The second-order valence-electron chi connectivity index (χ2n) is 6.46. The van der Waals surface area contributed by atoms with E-state index in [1.165, 1.54) is 12.7 Å². The summed E-state index contributed by atoms with van der Waals surface area (Å²) in [5, 5.41) is 11.3. The normalized spacial score (nSPS) is 19.2. The first kappa shape index (κ1) is 16.3. The van der Waals surface area contributed by atoms with E-state index in [2.05, 4.69) is 20.5 Å². The van der Waals surface area contributed by atoms with Gasteiger partial charge in [0, 0.05) is 12.1 Å². The first-order chi connectivity index (χ1) is 12.6. The lowest BCUT2D eigenvalue weighted by Crippen LogP contribution is -2.58. The number of rotatable bonds is 3. The van der Waals surface area contributed by atoms with Crippen LogP contribution >= 0.6 is 0 Å². The van der Waals surface area contributed by atoms with E-state index in [0.29, 0.717) is 11.7 Å². The molecule has 1 spiro atoms. The second-order valence-corrected chi connectivity index (χ2v) is 6.46.